The van der Waals surface area contributed by atoms with Gasteiger partial charge in [-0.15, -0.1) is 0 Å². The van der Waals surface area contributed by atoms with Crippen molar-refractivity contribution in [1.29, 1.82) is 0 Å². The summed E-state index contributed by atoms with van der Waals surface area (Å²) in [5.41, 5.74) is 2.81. The summed E-state index contributed by atoms with van der Waals surface area (Å²) in [5, 5.41) is 13.2. The van der Waals surface area contributed by atoms with E-state index in [4.69, 9.17) is 11.6 Å². The van der Waals surface area contributed by atoms with Crippen molar-refractivity contribution >= 4 is 28.4 Å². The number of nitrogens with zero attached hydrogens (tertiary/aromatic N) is 4. The minimum atomic E-state index is -0.261. The molecule has 4 rings (SSSR count). The fourth-order valence-corrected chi connectivity index (χ4v) is 3.67. The van der Waals surface area contributed by atoms with Crippen LogP contribution in [0.1, 0.15) is 24.1 Å². The Morgan fingerprint density at radius 2 is 1.81 bits per heavy atom. The van der Waals surface area contributed by atoms with Crippen LogP contribution in [0.15, 0.2) is 65.6 Å². The number of fused-ring (bicyclic) bond motifs is 1. The molecule has 2 aromatic carbocycles. The molecule has 0 atom stereocenters. The molecule has 32 heavy (non-hydrogen) atoms. The summed E-state index contributed by atoms with van der Waals surface area (Å²) in [7, 11) is 0. The fraction of sp³-hybridized carbons (Fsp3) is 0.250. The number of rotatable bonds is 8. The molecule has 0 aliphatic rings. The number of aryl methyl sites for hydroxylation is 2. The predicted molar refractivity (Wildman–Crippen MR) is 125 cm³/mol. The van der Waals surface area contributed by atoms with Crippen molar-refractivity contribution in [3.8, 4) is 5.69 Å². The zero-order valence-electron chi connectivity index (χ0n) is 17.8. The molecule has 8 heteroatoms. The first-order valence-electron chi connectivity index (χ1n) is 10.5. The lowest BCUT2D eigenvalue weighted by atomic mass is 10.1. The molecule has 0 aliphatic carbocycles. The summed E-state index contributed by atoms with van der Waals surface area (Å²) in [5.74, 6) is -0.0289. The number of carbonyl (C=O) groups excluding carboxylic acids is 1. The van der Waals surface area contributed by atoms with Crippen LogP contribution in [0.25, 0.3) is 16.6 Å². The van der Waals surface area contributed by atoms with Gasteiger partial charge < -0.3 is 5.32 Å². The zero-order valence-corrected chi connectivity index (χ0v) is 18.5. The summed E-state index contributed by atoms with van der Waals surface area (Å²) in [4.78, 5) is 25.0. The Hall–Kier alpha value is -3.45. The third-order valence-corrected chi connectivity index (χ3v) is 5.51. The molecule has 0 saturated heterocycles. The van der Waals surface area contributed by atoms with Gasteiger partial charge in [0.1, 0.15) is 0 Å². The van der Waals surface area contributed by atoms with Crippen molar-refractivity contribution in [2.75, 3.05) is 6.54 Å². The maximum atomic E-state index is 12.9. The van der Waals surface area contributed by atoms with Crippen LogP contribution in [-0.4, -0.2) is 32.0 Å². The Balaban J connectivity index is 1.38. The van der Waals surface area contributed by atoms with Crippen molar-refractivity contribution in [1.82, 2.24) is 24.9 Å². The lowest BCUT2D eigenvalue weighted by Gasteiger charge is -2.07. The first-order valence-corrected chi connectivity index (χ1v) is 10.9. The number of nitrogens with one attached hydrogen (secondary N) is 1. The zero-order chi connectivity index (χ0) is 22.5. The van der Waals surface area contributed by atoms with Crippen LogP contribution in [0.2, 0.25) is 5.02 Å². The van der Waals surface area contributed by atoms with Gasteiger partial charge >= 0.3 is 0 Å². The van der Waals surface area contributed by atoms with Crippen molar-refractivity contribution in [3.63, 3.8) is 0 Å². The second-order valence-corrected chi connectivity index (χ2v) is 8.05. The highest BCUT2D eigenvalue weighted by Gasteiger charge is 2.13. The Morgan fingerprint density at radius 3 is 2.56 bits per heavy atom. The smallest absolute Gasteiger partial charge is 0.295 e. The van der Waals surface area contributed by atoms with E-state index in [1.54, 1.807) is 23.0 Å². The van der Waals surface area contributed by atoms with Gasteiger partial charge in [-0.1, -0.05) is 41.9 Å². The topological polar surface area (TPSA) is 81.8 Å². The van der Waals surface area contributed by atoms with Crippen LogP contribution in [0, 0.1) is 6.92 Å². The SMILES string of the molecule is Cc1nn(CCCC(=O)NCCc2ccccc2)c(=O)c2nn(-c3ccc(Cl)cc3)cc12. The average Bonchev–Trinajstić information content (AvgIpc) is 3.25. The van der Waals surface area contributed by atoms with Crippen molar-refractivity contribution < 1.29 is 4.79 Å². The Kier molecular flexibility index (Phi) is 6.66. The van der Waals surface area contributed by atoms with E-state index in [-0.39, 0.29) is 11.5 Å². The van der Waals surface area contributed by atoms with Crippen LogP contribution in [0.5, 0.6) is 0 Å². The lowest BCUT2D eigenvalue weighted by Crippen LogP contribution is -2.27. The maximum Gasteiger partial charge on any atom is 0.295 e. The first kappa shape index (κ1) is 21.8. The molecule has 0 saturated carbocycles. The normalized spacial score (nSPS) is 11.1. The van der Waals surface area contributed by atoms with Gasteiger partial charge in [0.15, 0.2) is 5.52 Å². The Morgan fingerprint density at radius 1 is 1.06 bits per heavy atom. The van der Waals surface area contributed by atoms with Gasteiger partial charge in [-0.2, -0.15) is 10.2 Å². The molecular formula is C24H24ClN5O2. The van der Waals surface area contributed by atoms with Gasteiger partial charge in [0, 0.05) is 36.1 Å². The van der Waals surface area contributed by atoms with Crippen LogP contribution in [0.4, 0.5) is 0 Å². The molecule has 7 nitrogen and oxygen atoms in total. The van der Waals surface area contributed by atoms with E-state index in [0.29, 0.717) is 47.6 Å². The highest BCUT2D eigenvalue weighted by atomic mass is 35.5. The number of amides is 1. The first-order chi connectivity index (χ1) is 15.5. The molecule has 0 fully saturated rings. The number of aromatic nitrogens is 4. The summed E-state index contributed by atoms with van der Waals surface area (Å²) in [6.45, 7) is 2.80. The largest absolute Gasteiger partial charge is 0.356 e. The van der Waals surface area contributed by atoms with E-state index in [2.05, 4.69) is 15.5 Å². The quantitative estimate of drug-likeness (QED) is 0.445. The van der Waals surface area contributed by atoms with E-state index in [1.807, 2.05) is 49.4 Å². The number of hydrogen-bond acceptors (Lipinski definition) is 4. The van der Waals surface area contributed by atoms with E-state index < -0.39 is 0 Å². The summed E-state index contributed by atoms with van der Waals surface area (Å²) >= 11 is 5.95. The third kappa shape index (κ3) is 5.06. The van der Waals surface area contributed by atoms with Crippen LogP contribution >= 0.6 is 11.6 Å². The second kappa shape index (κ2) is 9.78. The summed E-state index contributed by atoms with van der Waals surface area (Å²) < 4.78 is 3.05. The molecule has 0 unspecified atom stereocenters. The van der Waals surface area contributed by atoms with Gasteiger partial charge in [0.25, 0.3) is 5.56 Å². The molecule has 2 heterocycles. The Labute approximate surface area is 190 Å². The highest BCUT2D eigenvalue weighted by Crippen LogP contribution is 2.17. The maximum absolute atomic E-state index is 12.9. The molecule has 0 spiro atoms. The molecule has 0 radical (unpaired) electrons. The molecule has 4 aromatic rings. The van der Waals surface area contributed by atoms with Crippen LogP contribution in [-0.2, 0) is 17.8 Å². The standard InChI is InChI=1S/C24H24ClN5O2/c1-17-21-16-30(20-11-9-19(25)10-12-20)28-23(21)24(32)29(27-17)15-5-8-22(31)26-14-13-18-6-3-2-4-7-18/h2-4,6-7,9-12,16H,5,8,13-15H2,1H3,(H,26,31). The van der Waals surface area contributed by atoms with Gasteiger partial charge in [-0.25, -0.2) is 9.36 Å². The molecule has 1 N–H and O–H groups in total. The minimum Gasteiger partial charge on any atom is -0.356 e. The van der Waals surface area contributed by atoms with Gasteiger partial charge in [0.05, 0.1) is 11.4 Å². The second-order valence-electron chi connectivity index (χ2n) is 7.62. The molecular weight excluding hydrogens is 426 g/mol. The number of hydrogen-bond donors (Lipinski definition) is 1. The van der Waals surface area contributed by atoms with Crippen LogP contribution < -0.4 is 10.9 Å². The monoisotopic (exact) mass is 449 g/mol. The average molecular weight is 450 g/mol. The molecule has 1 amide bonds. The van der Waals surface area contributed by atoms with E-state index >= 15 is 0 Å². The fourth-order valence-electron chi connectivity index (χ4n) is 3.55. The van der Waals surface area contributed by atoms with Crippen molar-refractivity contribution in [2.45, 2.75) is 32.7 Å². The van der Waals surface area contributed by atoms with Crippen molar-refractivity contribution in [3.05, 3.63) is 87.4 Å². The molecule has 2 aromatic heterocycles. The van der Waals surface area contributed by atoms with Gasteiger partial charge in [-0.3, -0.25) is 9.59 Å². The summed E-state index contributed by atoms with van der Waals surface area (Å²) in [6.07, 6.45) is 3.44. The van der Waals surface area contributed by atoms with Crippen molar-refractivity contribution in [2.24, 2.45) is 0 Å². The third-order valence-electron chi connectivity index (χ3n) is 5.26. The highest BCUT2D eigenvalue weighted by molar-refractivity contribution is 6.30. The predicted octanol–water partition coefficient (Wildman–Crippen LogP) is 3.68. The molecule has 0 bridgehead atoms. The summed E-state index contributed by atoms with van der Waals surface area (Å²) in [6, 6.07) is 17.2. The lowest BCUT2D eigenvalue weighted by molar-refractivity contribution is -0.121. The van der Waals surface area contributed by atoms with E-state index in [1.165, 1.54) is 10.2 Å². The Bertz CT molecular complexity index is 1280. The van der Waals surface area contributed by atoms with Gasteiger partial charge in [-0.05, 0) is 49.6 Å². The van der Waals surface area contributed by atoms with E-state index in [0.717, 1.165) is 12.1 Å². The number of carbonyl (C=O) groups is 1. The van der Waals surface area contributed by atoms with Crippen LogP contribution in [0.3, 0.4) is 0 Å². The van der Waals surface area contributed by atoms with Gasteiger partial charge in [0.2, 0.25) is 5.91 Å². The number of benzene rings is 2. The molecule has 0 aliphatic heterocycles. The molecule has 164 valence electrons. The number of halogens is 1. The minimum absolute atomic E-state index is 0.0289. The van der Waals surface area contributed by atoms with E-state index in [9.17, 15) is 9.59 Å².